The normalized spacial score (nSPS) is 14.2. The third kappa shape index (κ3) is 77.2. The van der Waals surface area contributed by atoms with E-state index in [1.807, 2.05) is 0 Å². The summed E-state index contributed by atoms with van der Waals surface area (Å²) in [5.74, 6) is -0.860. The molecule has 0 aromatic rings. The number of hydrogen-bond acceptors (Lipinski definition) is 8. The van der Waals surface area contributed by atoms with Crippen molar-refractivity contribution in [2.24, 2.45) is 5.73 Å². The molecule has 0 radical (unpaired) electrons. The van der Waals surface area contributed by atoms with Gasteiger partial charge in [0, 0.05) is 19.4 Å². The highest BCUT2D eigenvalue weighted by Crippen LogP contribution is 2.43. The summed E-state index contributed by atoms with van der Waals surface area (Å²) in [4.78, 5) is 35.4. The first kappa shape index (κ1) is 89.3. The topological polar surface area (TPSA) is 134 Å². The first-order chi connectivity index (χ1) is 46.8. The number of phosphoric ester groups is 1. The molecule has 9 nitrogen and oxygen atoms in total. The van der Waals surface area contributed by atoms with Gasteiger partial charge in [-0.25, -0.2) is 4.57 Å². The Morgan fingerprint density at radius 2 is 0.547 bits per heavy atom. The zero-order chi connectivity index (χ0) is 68.6. The standard InChI is InChI=1S/C85H134NO8P/c1-3-5-7-9-11-13-15-17-19-21-23-25-27-29-31-33-35-37-39-41-43-45-47-49-51-53-55-57-59-61-63-65-67-69-71-73-75-77-84(87)91-81-83(82-93-95(89,90)92-80-79-86)94-85(88)78-76-74-72-70-68-66-64-62-60-58-56-54-52-50-48-46-44-42-40-38-36-34-32-30-28-26-24-22-20-18-16-14-12-10-8-6-4-2/h5-8,11-14,17-20,23-26,29-32,35-38,41-44,47-50,54,56,60,62,83H,3-4,9-10,15-16,21-22,27-28,33-34,39-40,45-46,51-53,55,57-59,61,63-82,86H2,1-2H3,(H,89,90)/b7-5-,8-6-,13-11-,14-12-,19-17-,20-18-,25-23-,26-24-,31-29-,32-30-,37-35-,38-36-,43-41-,44-42-,49-47-,50-48-,56-54-,62-60-. The third-order valence-corrected chi connectivity index (χ3v) is 15.8. The number of unbranched alkanes of at least 4 members (excludes halogenated alkanes) is 18. The summed E-state index contributed by atoms with van der Waals surface area (Å²) in [6.45, 7) is 3.48. The van der Waals surface area contributed by atoms with Gasteiger partial charge in [-0.1, -0.05) is 322 Å². The van der Waals surface area contributed by atoms with E-state index in [0.717, 1.165) is 186 Å². The maximum absolute atomic E-state index is 12.8. The molecule has 0 spiro atoms. The highest BCUT2D eigenvalue weighted by molar-refractivity contribution is 7.47. The number of carbonyl (C=O) groups excluding carboxylic acids is 2. The molecule has 0 amide bonds. The second-order valence-corrected chi connectivity index (χ2v) is 25.1. The largest absolute Gasteiger partial charge is 0.472 e. The molecule has 0 aliphatic carbocycles. The molecule has 2 unspecified atom stereocenters. The molecule has 0 heterocycles. The van der Waals surface area contributed by atoms with Crippen molar-refractivity contribution < 1.29 is 37.6 Å². The van der Waals surface area contributed by atoms with E-state index in [0.29, 0.717) is 6.42 Å². The Kier molecular flexibility index (Phi) is 72.7. The molecule has 0 aliphatic heterocycles. The summed E-state index contributed by atoms with van der Waals surface area (Å²) in [6.07, 6.45) is 120. The molecule has 0 saturated carbocycles. The first-order valence-corrected chi connectivity index (χ1v) is 38.7. The Balaban J connectivity index is 4.00. The highest BCUT2D eigenvalue weighted by atomic mass is 31.2. The smallest absolute Gasteiger partial charge is 0.462 e. The summed E-state index contributed by atoms with van der Waals surface area (Å²) in [5.41, 5.74) is 5.41. The van der Waals surface area contributed by atoms with E-state index in [1.165, 1.54) is 51.4 Å². The van der Waals surface area contributed by atoms with Crippen molar-refractivity contribution in [1.29, 1.82) is 0 Å². The minimum absolute atomic E-state index is 0.0396. The van der Waals surface area contributed by atoms with Gasteiger partial charge in [-0.3, -0.25) is 18.6 Å². The van der Waals surface area contributed by atoms with Crippen LogP contribution in [0.4, 0.5) is 0 Å². The number of hydrogen-bond donors (Lipinski definition) is 2. The van der Waals surface area contributed by atoms with Crippen LogP contribution in [0.2, 0.25) is 0 Å². The van der Waals surface area contributed by atoms with Gasteiger partial charge in [0.1, 0.15) is 6.61 Å². The van der Waals surface area contributed by atoms with Crippen LogP contribution in [-0.2, 0) is 32.7 Å². The lowest BCUT2D eigenvalue weighted by Crippen LogP contribution is -2.29. The first-order valence-electron chi connectivity index (χ1n) is 37.2. The number of allylic oxidation sites excluding steroid dienone is 36. The number of carbonyl (C=O) groups is 2. The average Bonchev–Trinajstić information content (AvgIpc) is 2.64. The molecular weight excluding hydrogens is 1190 g/mol. The summed E-state index contributed by atoms with van der Waals surface area (Å²) in [6, 6.07) is 0. The Morgan fingerprint density at radius 3 is 0.811 bits per heavy atom. The maximum Gasteiger partial charge on any atom is 0.472 e. The van der Waals surface area contributed by atoms with Crippen LogP contribution in [0.3, 0.4) is 0 Å². The van der Waals surface area contributed by atoms with Crippen molar-refractivity contribution in [3.05, 3.63) is 219 Å². The lowest BCUT2D eigenvalue weighted by Gasteiger charge is -2.19. The molecule has 0 saturated heterocycles. The van der Waals surface area contributed by atoms with Gasteiger partial charge in [-0.05, 0) is 154 Å². The summed E-state index contributed by atoms with van der Waals surface area (Å²) in [7, 11) is -4.42. The van der Waals surface area contributed by atoms with E-state index < -0.39 is 32.5 Å². The van der Waals surface area contributed by atoms with Crippen molar-refractivity contribution in [2.45, 2.75) is 277 Å². The summed E-state index contributed by atoms with van der Waals surface area (Å²) < 4.78 is 33.2. The van der Waals surface area contributed by atoms with Gasteiger partial charge in [0.25, 0.3) is 0 Å². The number of ether oxygens (including phenoxy) is 2. The summed E-state index contributed by atoms with van der Waals surface area (Å²) >= 11 is 0. The highest BCUT2D eigenvalue weighted by Gasteiger charge is 2.26. The fourth-order valence-corrected chi connectivity index (χ4v) is 10.2. The van der Waals surface area contributed by atoms with Gasteiger partial charge in [0.2, 0.25) is 0 Å². The predicted molar refractivity (Wildman–Crippen MR) is 412 cm³/mol. The zero-order valence-corrected chi connectivity index (χ0v) is 60.7. The van der Waals surface area contributed by atoms with Crippen molar-refractivity contribution in [1.82, 2.24) is 0 Å². The quantitative estimate of drug-likeness (QED) is 0.0264. The van der Waals surface area contributed by atoms with Crippen LogP contribution < -0.4 is 5.73 Å². The van der Waals surface area contributed by atoms with Crippen LogP contribution in [0.15, 0.2) is 219 Å². The number of nitrogens with two attached hydrogens (primary N) is 1. The Bertz CT molecular complexity index is 2370. The molecule has 0 bridgehead atoms. The van der Waals surface area contributed by atoms with Gasteiger partial charge in [0.15, 0.2) is 6.10 Å². The van der Waals surface area contributed by atoms with Crippen molar-refractivity contribution in [3.63, 3.8) is 0 Å². The van der Waals surface area contributed by atoms with Crippen LogP contribution in [0.5, 0.6) is 0 Å². The van der Waals surface area contributed by atoms with E-state index in [9.17, 15) is 19.0 Å². The van der Waals surface area contributed by atoms with Gasteiger partial charge in [-0.15, -0.1) is 0 Å². The Labute approximate surface area is 581 Å². The molecule has 0 rings (SSSR count). The molecule has 2 atom stereocenters. The van der Waals surface area contributed by atoms with Crippen molar-refractivity contribution >= 4 is 19.8 Å². The number of phosphoric acid groups is 1. The SMILES string of the molecule is CC/C=C\C/C=C\C/C=C\C/C=C\C/C=C\C/C=C\C/C=C\C/C=C\C/C=C\C/C=C\CCCCCCCCC(=O)OC(COC(=O)CCCCCCCCCCCCCC/C=C\C/C=C\C/C=C\C/C=C\C/C=C\C/C=C\C/C=C\C/C=C\CC)COP(=O)(O)OCCN. The summed E-state index contributed by atoms with van der Waals surface area (Å²) in [5, 5.41) is 0. The van der Waals surface area contributed by atoms with E-state index >= 15 is 0 Å². The van der Waals surface area contributed by atoms with Crippen molar-refractivity contribution in [2.75, 3.05) is 26.4 Å². The second-order valence-electron chi connectivity index (χ2n) is 23.7. The van der Waals surface area contributed by atoms with Crippen LogP contribution in [0.25, 0.3) is 0 Å². The molecule has 10 heteroatoms. The van der Waals surface area contributed by atoms with Gasteiger partial charge in [0.05, 0.1) is 13.2 Å². The van der Waals surface area contributed by atoms with Gasteiger partial charge in [-0.2, -0.15) is 0 Å². The van der Waals surface area contributed by atoms with Gasteiger partial charge < -0.3 is 20.1 Å². The minimum Gasteiger partial charge on any atom is -0.462 e. The van der Waals surface area contributed by atoms with Crippen LogP contribution >= 0.6 is 7.82 Å². The molecule has 0 fully saturated rings. The zero-order valence-electron chi connectivity index (χ0n) is 59.8. The molecule has 0 aromatic carbocycles. The molecular formula is C85H134NO8P. The molecule has 0 aliphatic rings. The van der Waals surface area contributed by atoms with E-state index in [1.54, 1.807) is 0 Å². The molecule has 0 aromatic heterocycles. The van der Waals surface area contributed by atoms with E-state index in [2.05, 4.69) is 233 Å². The monoisotopic (exact) mass is 1330 g/mol. The molecule has 532 valence electrons. The minimum atomic E-state index is -4.42. The average molecular weight is 1330 g/mol. The van der Waals surface area contributed by atoms with Crippen LogP contribution in [-0.4, -0.2) is 49.3 Å². The lowest BCUT2D eigenvalue weighted by molar-refractivity contribution is -0.161. The molecule has 95 heavy (non-hydrogen) atoms. The predicted octanol–water partition coefficient (Wildman–Crippen LogP) is 25.2. The number of esters is 2. The van der Waals surface area contributed by atoms with E-state index in [-0.39, 0.29) is 32.6 Å². The lowest BCUT2D eigenvalue weighted by atomic mass is 10.0. The fourth-order valence-electron chi connectivity index (χ4n) is 9.44. The third-order valence-electron chi connectivity index (χ3n) is 14.9. The fraction of sp³-hybridized carbons (Fsp3) is 0.553. The van der Waals surface area contributed by atoms with Crippen LogP contribution in [0, 0.1) is 0 Å². The second kappa shape index (κ2) is 77.3. The molecule has 3 N–H and O–H groups in total. The van der Waals surface area contributed by atoms with Crippen molar-refractivity contribution in [3.8, 4) is 0 Å². The Hall–Kier alpha value is -5.67. The Morgan fingerprint density at radius 1 is 0.316 bits per heavy atom. The van der Waals surface area contributed by atoms with Gasteiger partial charge >= 0.3 is 19.8 Å². The number of rotatable bonds is 67. The maximum atomic E-state index is 12.8. The van der Waals surface area contributed by atoms with Crippen LogP contribution in [0.1, 0.15) is 271 Å². The van der Waals surface area contributed by atoms with E-state index in [4.69, 9.17) is 24.3 Å².